The fourth-order valence-corrected chi connectivity index (χ4v) is 3.29. The summed E-state index contributed by atoms with van der Waals surface area (Å²) in [5.74, 6) is 4.13. The van der Waals surface area contributed by atoms with Gasteiger partial charge in [0.2, 0.25) is 0 Å². The Kier molecular flexibility index (Phi) is 4.99. The van der Waals surface area contributed by atoms with Crippen LogP contribution in [0, 0.1) is 22.7 Å². The monoisotopic (exact) mass is 298 g/mol. The van der Waals surface area contributed by atoms with Gasteiger partial charge in [-0.2, -0.15) is 16.8 Å². The zero-order valence-corrected chi connectivity index (χ0v) is 12.4. The van der Waals surface area contributed by atoms with Crippen LogP contribution in [0.25, 0.3) is 0 Å². The lowest BCUT2D eigenvalue weighted by Crippen LogP contribution is -2.25. The van der Waals surface area contributed by atoms with Crippen molar-refractivity contribution in [3.8, 4) is 11.8 Å². The summed E-state index contributed by atoms with van der Waals surface area (Å²) in [6, 6.07) is 0. The van der Waals surface area contributed by atoms with E-state index in [0.29, 0.717) is 0 Å². The van der Waals surface area contributed by atoms with E-state index in [-0.39, 0.29) is 0 Å². The third-order valence-corrected chi connectivity index (χ3v) is 4.00. The zero-order valence-electron chi connectivity index (χ0n) is 10.8. The molecule has 0 amide bonds. The van der Waals surface area contributed by atoms with E-state index >= 15 is 0 Å². The average Bonchev–Trinajstić information content (AvgIpc) is 1.91. The summed E-state index contributed by atoms with van der Waals surface area (Å²) in [5.41, 5.74) is -2.02. The molecule has 2 N–H and O–H groups in total. The van der Waals surface area contributed by atoms with Gasteiger partial charge in [-0.15, -0.1) is 0 Å². The Morgan fingerprint density at radius 2 is 1.00 bits per heavy atom. The number of hydrogen-bond donors (Lipinski definition) is 2. The molecule has 0 aliphatic carbocycles. The predicted octanol–water partition coefficient (Wildman–Crippen LogP) is 0.818. The second-order valence-electron chi connectivity index (χ2n) is 5.47. The van der Waals surface area contributed by atoms with Crippen molar-refractivity contribution in [2.24, 2.45) is 10.8 Å². The summed E-state index contributed by atoms with van der Waals surface area (Å²) in [5, 5.41) is 0. The van der Waals surface area contributed by atoms with Gasteiger partial charge in [-0.25, -0.2) is 0 Å². The Morgan fingerprint density at radius 3 is 1.17 bits per heavy atom. The normalized spacial score (nSPS) is 13.9. The minimum absolute atomic E-state index is 0.547. The van der Waals surface area contributed by atoms with Gasteiger partial charge >= 0.3 is 0 Å². The molecule has 0 atom stereocenters. The van der Waals surface area contributed by atoms with Crippen LogP contribution in [0.2, 0.25) is 0 Å². The highest BCUT2D eigenvalue weighted by molar-refractivity contribution is 7.86. The Balaban J connectivity index is 5.06. The Labute approximate surface area is 108 Å². The largest absolute Gasteiger partial charge is 0.285 e. The molecule has 0 radical (unpaired) electrons. The summed E-state index contributed by atoms with van der Waals surface area (Å²) in [7, 11) is -8.31. The lowest BCUT2D eigenvalue weighted by Gasteiger charge is -2.19. The first-order chi connectivity index (χ1) is 7.62. The molecular weight excluding hydrogens is 280 g/mol. The first kappa shape index (κ1) is 17.4. The van der Waals surface area contributed by atoms with Crippen molar-refractivity contribution in [3.63, 3.8) is 0 Å². The highest BCUT2D eigenvalue weighted by Crippen LogP contribution is 2.20. The third-order valence-electron chi connectivity index (χ3n) is 1.83. The van der Waals surface area contributed by atoms with Crippen LogP contribution >= 0.6 is 0 Å². The van der Waals surface area contributed by atoms with Crippen LogP contribution < -0.4 is 0 Å². The molecular formula is C10H18O6S2. The second kappa shape index (κ2) is 5.17. The molecule has 18 heavy (non-hydrogen) atoms. The van der Waals surface area contributed by atoms with E-state index in [4.69, 9.17) is 9.11 Å². The minimum Gasteiger partial charge on any atom is -0.285 e. The smallest absolute Gasteiger partial charge is 0.266 e. The van der Waals surface area contributed by atoms with Crippen LogP contribution in [0.5, 0.6) is 0 Å². The fraction of sp³-hybridized carbons (Fsp3) is 0.800. The first-order valence-corrected chi connectivity index (χ1v) is 8.28. The van der Waals surface area contributed by atoms with Crippen molar-refractivity contribution < 1.29 is 25.9 Å². The molecule has 8 heteroatoms. The maximum atomic E-state index is 10.8. The van der Waals surface area contributed by atoms with E-state index in [1.807, 2.05) is 0 Å². The van der Waals surface area contributed by atoms with Crippen molar-refractivity contribution in [3.05, 3.63) is 0 Å². The van der Waals surface area contributed by atoms with E-state index in [2.05, 4.69) is 11.8 Å². The maximum absolute atomic E-state index is 10.8. The zero-order chi connectivity index (χ0) is 14.8. The molecule has 106 valence electrons. The van der Waals surface area contributed by atoms with Gasteiger partial charge in [0.25, 0.3) is 20.2 Å². The number of rotatable bonds is 4. The highest BCUT2D eigenvalue weighted by Gasteiger charge is 2.26. The van der Waals surface area contributed by atoms with E-state index < -0.39 is 42.6 Å². The molecule has 0 bridgehead atoms. The van der Waals surface area contributed by atoms with E-state index in [9.17, 15) is 16.8 Å². The molecule has 0 aliphatic heterocycles. The van der Waals surface area contributed by atoms with Crippen molar-refractivity contribution in [1.82, 2.24) is 0 Å². The van der Waals surface area contributed by atoms with Gasteiger partial charge in [-0.3, -0.25) is 9.11 Å². The summed E-state index contributed by atoms with van der Waals surface area (Å²) >= 11 is 0. The first-order valence-electron chi connectivity index (χ1n) is 5.07. The van der Waals surface area contributed by atoms with Crippen LogP contribution in [-0.2, 0) is 20.2 Å². The molecule has 0 aliphatic rings. The van der Waals surface area contributed by atoms with Crippen LogP contribution in [0.15, 0.2) is 0 Å². The average molecular weight is 298 g/mol. The molecule has 0 unspecified atom stereocenters. The van der Waals surface area contributed by atoms with Crippen LogP contribution in [-0.4, -0.2) is 37.4 Å². The van der Waals surface area contributed by atoms with Crippen molar-refractivity contribution in [2.45, 2.75) is 27.7 Å². The molecule has 0 saturated carbocycles. The molecule has 0 saturated heterocycles. The van der Waals surface area contributed by atoms with Gasteiger partial charge in [0.15, 0.2) is 0 Å². The summed E-state index contributed by atoms with van der Waals surface area (Å²) in [6.45, 7) is 6.04. The summed E-state index contributed by atoms with van der Waals surface area (Å²) in [4.78, 5) is 0. The molecule has 0 heterocycles. The van der Waals surface area contributed by atoms with E-state index in [0.717, 1.165) is 0 Å². The fourth-order valence-electron chi connectivity index (χ4n) is 1.32. The van der Waals surface area contributed by atoms with Gasteiger partial charge in [-0.1, -0.05) is 11.8 Å². The van der Waals surface area contributed by atoms with Gasteiger partial charge in [-0.05, 0) is 27.7 Å². The van der Waals surface area contributed by atoms with E-state index in [1.165, 1.54) is 27.7 Å². The minimum atomic E-state index is -4.15. The van der Waals surface area contributed by atoms with Crippen LogP contribution in [0.1, 0.15) is 27.7 Å². The van der Waals surface area contributed by atoms with Crippen molar-refractivity contribution in [2.75, 3.05) is 11.5 Å². The lowest BCUT2D eigenvalue weighted by atomic mass is 9.91. The van der Waals surface area contributed by atoms with Gasteiger partial charge in [0.05, 0.1) is 11.5 Å². The van der Waals surface area contributed by atoms with Gasteiger partial charge in [0.1, 0.15) is 0 Å². The topological polar surface area (TPSA) is 109 Å². The third kappa shape index (κ3) is 9.41. The maximum Gasteiger partial charge on any atom is 0.266 e. The molecule has 0 aromatic rings. The molecule has 0 aromatic carbocycles. The van der Waals surface area contributed by atoms with Gasteiger partial charge in [0, 0.05) is 10.8 Å². The molecule has 0 aromatic heterocycles. The SMILES string of the molecule is CC(C)(C#CC(C)(C)CS(=O)(=O)O)CS(=O)(=O)O. The van der Waals surface area contributed by atoms with Gasteiger partial charge < -0.3 is 0 Å². The summed E-state index contributed by atoms with van der Waals surface area (Å²) < 4.78 is 60.5. The van der Waals surface area contributed by atoms with E-state index in [1.54, 1.807) is 0 Å². The molecule has 0 spiro atoms. The molecule has 6 nitrogen and oxygen atoms in total. The Bertz CT molecular complexity index is 507. The molecule has 0 rings (SSSR count). The van der Waals surface area contributed by atoms with Crippen LogP contribution in [0.3, 0.4) is 0 Å². The van der Waals surface area contributed by atoms with Crippen molar-refractivity contribution in [1.29, 1.82) is 0 Å². The predicted molar refractivity (Wildman–Crippen MR) is 68.2 cm³/mol. The lowest BCUT2D eigenvalue weighted by molar-refractivity contribution is 0.447. The highest BCUT2D eigenvalue weighted by atomic mass is 32.2. The quantitative estimate of drug-likeness (QED) is 0.587. The second-order valence-corrected chi connectivity index (χ2v) is 8.38. The molecule has 0 fully saturated rings. The summed E-state index contributed by atoms with van der Waals surface area (Å²) in [6.07, 6.45) is 0. The Hall–Kier alpha value is -0.620. The number of hydrogen-bond acceptors (Lipinski definition) is 4. The van der Waals surface area contributed by atoms with Crippen molar-refractivity contribution >= 4 is 20.2 Å². The van der Waals surface area contributed by atoms with Crippen LogP contribution in [0.4, 0.5) is 0 Å². The standard InChI is InChI=1S/C10H18O6S2/c1-9(2,7-17(11,12)13)5-6-10(3,4)8-18(14,15)16/h7-8H2,1-4H3,(H,11,12,13)(H,14,15,16). The Morgan fingerprint density at radius 1 is 0.778 bits per heavy atom.